The van der Waals surface area contributed by atoms with E-state index in [-0.39, 0.29) is 12.8 Å². The molecule has 0 radical (unpaired) electrons. The van der Waals surface area contributed by atoms with Gasteiger partial charge in [-0.2, -0.15) is 0 Å². The van der Waals surface area contributed by atoms with Gasteiger partial charge in [-0.3, -0.25) is 18.6 Å². The number of rotatable bonds is 34. The predicted molar refractivity (Wildman–Crippen MR) is 212 cm³/mol. The molecule has 1 aliphatic rings. The van der Waals surface area contributed by atoms with Crippen molar-refractivity contribution in [2.75, 3.05) is 13.2 Å². The molecule has 55 heavy (non-hydrogen) atoms. The minimum atomic E-state index is -5.12. The summed E-state index contributed by atoms with van der Waals surface area (Å²) in [6, 6.07) is 0. The van der Waals surface area contributed by atoms with Gasteiger partial charge in [0.05, 0.1) is 6.61 Å². The lowest BCUT2D eigenvalue weighted by atomic mass is 9.85. The molecule has 0 saturated heterocycles. The Balaban J connectivity index is 2.52. The molecule has 1 rings (SSSR count). The van der Waals surface area contributed by atoms with Crippen LogP contribution in [0, 0.1) is 0 Å². The molecule has 1 saturated carbocycles. The van der Waals surface area contributed by atoms with E-state index in [0.29, 0.717) is 12.8 Å². The maximum absolute atomic E-state index is 12.8. The molecule has 13 nitrogen and oxygen atoms in total. The number of phosphoric acid groups is 1. The smallest absolute Gasteiger partial charge is 0.462 e. The van der Waals surface area contributed by atoms with Crippen LogP contribution < -0.4 is 0 Å². The number of phosphoric ester groups is 1. The zero-order valence-electron chi connectivity index (χ0n) is 33.7. The van der Waals surface area contributed by atoms with Crippen LogP contribution in [0.5, 0.6) is 0 Å². The lowest BCUT2D eigenvalue weighted by molar-refractivity contribution is -0.220. The van der Waals surface area contributed by atoms with Crippen molar-refractivity contribution in [3.05, 3.63) is 24.3 Å². The standard InChI is InChI=1S/C41H75O13P/c1-3-5-7-9-11-13-15-16-17-18-20-22-24-26-28-30-35(43)53-33(31-51-34(42)29-27-25-23-21-19-14-12-10-8-6-4-2)32-52-55(49,50)54-41-39(47)37(45)36(44)38(46)40(41)48/h10,12,20,22,33,36-41,44-48H,3-9,11,13-19,21,23-32H2,1-2H3,(H,49,50)/b12-10+,22-20+/t33-,36?,37-,38?,39?,40?,41?/m1/s1. The number of allylic oxidation sites excluding steroid dienone is 4. The van der Waals surface area contributed by atoms with Gasteiger partial charge in [-0.1, -0.05) is 122 Å². The van der Waals surface area contributed by atoms with Crippen molar-refractivity contribution in [2.45, 2.75) is 211 Å². The molecule has 0 bridgehead atoms. The van der Waals surface area contributed by atoms with Crippen molar-refractivity contribution in [2.24, 2.45) is 0 Å². The van der Waals surface area contributed by atoms with E-state index in [9.17, 15) is 44.6 Å². The van der Waals surface area contributed by atoms with Crippen molar-refractivity contribution in [3.8, 4) is 0 Å². The van der Waals surface area contributed by atoms with Crippen molar-refractivity contribution < 1.29 is 63.1 Å². The van der Waals surface area contributed by atoms with Gasteiger partial charge < -0.3 is 39.9 Å². The highest BCUT2D eigenvalue weighted by Crippen LogP contribution is 2.47. The molecule has 14 heteroatoms. The molecular weight excluding hydrogens is 731 g/mol. The maximum Gasteiger partial charge on any atom is 0.472 e. The van der Waals surface area contributed by atoms with Gasteiger partial charge in [-0.15, -0.1) is 0 Å². The first kappa shape index (κ1) is 51.3. The van der Waals surface area contributed by atoms with E-state index in [2.05, 4.69) is 38.2 Å². The third-order valence-corrected chi connectivity index (χ3v) is 10.8. The predicted octanol–water partition coefficient (Wildman–Crippen LogP) is 7.28. The molecule has 0 heterocycles. The van der Waals surface area contributed by atoms with Crippen molar-refractivity contribution in [1.82, 2.24) is 0 Å². The monoisotopic (exact) mass is 806 g/mol. The quantitative estimate of drug-likeness (QED) is 0.0164. The van der Waals surface area contributed by atoms with Gasteiger partial charge in [0, 0.05) is 12.8 Å². The van der Waals surface area contributed by atoms with Crippen LogP contribution in [0.4, 0.5) is 0 Å². The van der Waals surface area contributed by atoms with E-state index >= 15 is 0 Å². The van der Waals surface area contributed by atoms with E-state index in [4.69, 9.17) is 18.5 Å². The van der Waals surface area contributed by atoms with Crippen LogP contribution in [0.3, 0.4) is 0 Å². The Morgan fingerprint density at radius 3 is 1.47 bits per heavy atom. The molecule has 6 N–H and O–H groups in total. The zero-order chi connectivity index (χ0) is 40.7. The molecular formula is C41H75O13P. The summed E-state index contributed by atoms with van der Waals surface area (Å²) in [5.41, 5.74) is 0. The van der Waals surface area contributed by atoms with Gasteiger partial charge in [-0.05, 0) is 57.8 Å². The fourth-order valence-electron chi connectivity index (χ4n) is 6.26. The summed E-state index contributed by atoms with van der Waals surface area (Å²) in [7, 11) is -5.12. The Bertz CT molecular complexity index is 1070. The number of esters is 2. The Morgan fingerprint density at radius 2 is 0.945 bits per heavy atom. The van der Waals surface area contributed by atoms with Gasteiger partial charge in [0.25, 0.3) is 0 Å². The summed E-state index contributed by atoms with van der Waals surface area (Å²) in [6.07, 6.45) is 19.7. The third-order valence-electron chi connectivity index (χ3n) is 9.77. The van der Waals surface area contributed by atoms with E-state index in [1.165, 1.54) is 70.6 Å². The summed E-state index contributed by atoms with van der Waals surface area (Å²) in [4.78, 5) is 35.5. The Morgan fingerprint density at radius 1 is 0.545 bits per heavy atom. The van der Waals surface area contributed by atoms with E-state index in [1.54, 1.807) is 0 Å². The van der Waals surface area contributed by atoms with Crippen LogP contribution in [0.15, 0.2) is 24.3 Å². The Kier molecular flexibility index (Phi) is 30.2. The maximum atomic E-state index is 12.8. The molecule has 0 aromatic carbocycles. The fraction of sp³-hybridized carbons (Fsp3) is 0.854. The average Bonchev–Trinajstić information content (AvgIpc) is 3.16. The number of aliphatic hydroxyl groups excluding tert-OH is 5. The Hall–Kier alpha value is -1.67. The second kappa shape index (κ2) is 32.3. The van der Waals surface area contributed by atoms with Crippen LogP contribution in [0.25, 0.3) is 0 Å². The number of carbonyl (C=O) groups is 2. The van der Waals surface area contributed by atoms with Crippen LogP contribution in [-0.2, 0) is 32.7 Å². The number of ether oxygens (including phenoxy) is 2. The number of aliphatic hydroxyl groups is 5. The highest BCUT2D eigenvalue weighted by molar-refractivity contribution is 7.47. The summed E-state index contributed by atoms with van der Waals surface area (Å²) in [6.45, 7) is 3.21. The van der Waals surface area contributed by atoms with Gasteiger partial charge in [0.1, 0.15) is 43.2 Å². The first-order valence-corrected chi connectivity index (χ1v) is 22.6. The molecule has 1 aliphatic carbocycles. The normalized spacial score (nSPS) is 23.3. The first-order chi connectivity index (χ1) is 26.4. The largest absolute Gasteiger partial charge is 0.472 e. The van der Waals surface area contributed by atoms with Crippen LogP contribution >= 0.6 is 7.82 Å². The topological polar surface area (TPSA) is 210 Å². The average molecular weight is 807 g/mol. The third kappa shape index (κ3) is 25.3. The zero-order valence-corrected chi connectivity index (χ0v) is 34.6. The highest BCUT2D eigenvalue weighted by Gasteiger charge is 2.51. The van der Waals surface area contributed by atoms with Crippen LogP contribution in [0.2, 0.25) is 0 Å². The number of carbonyl (C=O) groups excluding carboxylic acids is 2. The lowest BCUT2D eigenvalue weighted by Crippen LogP contribution is -2.64. The van der Waals surface area contributed by atoms with Gasteiger partial charge in [0.2, 0.25) is 0 Å². The molecule has 0 amide bonds. The summed E-state index contributed by atoms with van der Waals surface area (Å²) in [5.74, 6) is -1.14. The molecule has 0 aliphatic heterocycles. The van der Waals surface area contributed by atoms with Gasteiger partial charge >= 0.3 is 19.8 Å². The van der Waals surface area contributed by atoms with Gasteiger partial charge in [-0.25, -0.2) is 4.57 Å². The lowest BCUT2D eigenvalue weighted by Gasteiger charge is -2.41. The Labute approximate surface area is 330 Å². The highest BCUT2D eigenvalue weighted by atomic mass is 31.2. The summed E-state index contributed by atoms with van der Waals surface area (Å²) >= 11 is 0. The summed E-state index contributed by atoms with van der Waals surface area (Å²) in [5, 5.41) is 50.0. The summed E-state index contributed by atoms with van der Waals surface area (Å²) < 4.78 is 33.4. The minimum Gasteiger partial charge on any atom is -0.462 e. The number of hydrogen-bond donors (Lipinski definition) is 6. The van der Waals surface area contributed by atoms with Crippen LogP contribution in [0.1, 0.15) is 168 Å². The molecule has 0 aromatic rings. The number of hydrogen-bond acceptors (Lipinski definition) is 12. The van der Waals surface area contributed by atoms with E-state index < -0.39 is 75.7 Å². The van der Waals surface area contributed by atoms with Crippen molar-refractivity contribution >= 4 is 19.8 Å². The first-order valence-electron chi connectivity index (χ1n) is 21.1. The second-order valence-electron chi connectivity index (χ2n) is 14.8. The molecule has 0 spiro atoms. The molecule has 8 atom stereocenters. The molecule has 1 fully saturated rings. The fourth-order valence-corrected chi connectivity index (χ4v) is 7.23. The van der Waals surface area contributed by atoms with E-state index in [1.807, 2.05) is 0 Å². The van der Waals surface area contributed by atoms with Gasteiger partial charge in [0.15, 0.2) is 6.10 Å². The van der Waals surface area contributed by atoms with E-state index in [0.717, 1.165) is 57.8 Å². The number of unbranched alkanes of at least 4 members (excludes halogenated alkanes) is 18. The minimum absolute atomic E-state index is 0.0664. The van der Waals surface area contributed by atoms with Crippen molar-refractivity contribution in [1.29, 1.82) is 0 Å². The van der Waals surface area contributed by atoms with Crippen molar-refractivity contribution in [3.63, 3.8) is 0 Å². The van der Waals surface area contributed by atoms with Crippen LogP contribution in [-0.4, -0.2) is 98.3 Å². The molecule has 322 valence electrons. The SMILES string of the molecule is CCCC/C=C/CCCCCCCC(=O)OC[C@H](COP(=O)(O)OC1C(O)C(O)C(O)[C@@H](O)C1O)OC(=O)CCCC/C=C/CCCCCCCCCCC. The molecule has 0 aromatic heterocycles. The second-order valence-corrected chi connectivity index (χ2v) is 16.2. The molecule has 6 unspecified atom stereocenters.